The van der Waals surface area contributed by atoms with Crippen molar-refractivity contribution in [2.75, 3.05) is 6.54 Å². The maximum atomic E-state index is 13.5. The molecular formula is C16H18FNO. The van der Waals surface area contributed by atoms with E-state index in [4.69, 9.17) is 10.5 Å². The third-order valence-corrected chi connectivity index (χ3v) is 3.15. The second kappa shape index (κ2) is 6.45. The summed E-state index contributed by atoms with van der Waals surface area (Å²) < 4.78 is 19.3. The zero-order valence-corrected chi connectivity index (χ0v) is 11.0. The highest BCUT2D eigenvalue weighted by Crippen LogP contribution is 2.22. The Kier molecular flexibility index (Phi) is 4.66. The van der Waals surface area contributed by atoms with Gasteiger partial charge in [0.25, 0.3) is 0 Å². The van der Waals surface area contributed by atoms with Crippen molar-refractivity contribution in [2.24, 2.45) is 5.73 Å². The Labute approximate surface area is 113 Å². The first kappa shape index (κ1) is 13.7. The van der Waals surface area contributed by atoms with Crippen LogP contribution in [0.1, 0.15) is 22.8 Å². The van der Waals surface area contributed by atoms with Crippen LogP contribution in [-0.2, 0) is 11.3 Å². The summed E-state index contributed by atoms with van der Waals surface area (Å²) >= 11 is 0. The summed E-state index contributed by atoms with van der Waals surface area (Å²) in [6.07, 6.45) is -0.208. The number of aryl methyl sites for hydroxylation is 1. The maximum Gasteiger partial charge on any atom is 0.128 e. The lowest BCUT2D eigenvalue weighted by Gasteiger charge is -2.18. The molecule has 1 atom stereocenters. The first-order chi connectivity index (χ1) is 9.22. The van der Waals surface area contributed by atoms with Crippen LogP contribution >= 0.6 is 0 Å². The summed E-state index contributed by atoms with van der Waals surface area (Å²) in [6, 6.07) is 14.6. The Morgan fingerprint density at radius 2 is 1.79 bits per heavy atom. The largest absolute Gasteiger partial charge is 0.367 e. The van der Waals surface area contributed by atoms with Gasteiger partial charge >= 0.3 is 0 Å². The zero-order chi connectivity index (χ0) is 13.7. The van der Waals surface area contributed by atoms with Crippen molar-refractivity contribution in [3.63, 3.8) is 0 Å². The molecule has 2 nitrogen and oxygen atoms in total. The number of hydrogen-bond acceptors (Lipinski definition) is 2. The van der Waals surface area contributed by atoms with Gasteiger partial charge in [-0.1, -0.05) is 42.5 Å². The van der Waals surface area contributed by atoms with Crippen molar-refractivity contribution in [1.82, 2.24) is 0 Å². The van der Waals surface area contributed by atoms with Crippen LogP contribution in [-0.4, -0.2) is 6.54 Å². The van der Waals surface area contributed by atoms with Gasteiger partial charge in [-0.15, -0.1) is 0 Å². The molecule has 0 aliphatic rings. The van der Waals surface area contributed by atoms with Gasteiger partial charge in [-0.05, 0) is 24.1 Å². The predicted molar refractivity (Wildman–Crippen MR) is 74.2 cm³/mol. The molecule has 2 rings (SSSR count). The Balaban J connectivity index is 2.09. The van der Waals surface area contributed by atoms with Crippen molar-refractivity contribution in [3.05, 3.63) is 71.0 Å². The minimum Gasteiger partial charge on any atom is -0.367 e. The third kappa shape index (κ3) is 3.40. The second-order valence-corrected chi connectivity index (χ2v) is 4.48. The number of rotatable bonds is 5. The van der Waals surface area contributed by atoms with Gasteiger partial charge in [-0.25, -0.2) is 4.39 Å². The molecular weight excluding hydrogens is 241 g/mol. The smallest absolute Gasteiger partial charge is 0.128 e. The van der Waals surface area contributed by atoms with E-state index in [1.165, 1.54) is 6.07 Å². The Morgan fingerprint density at radius 1 is 1.11 bits per heavy atom. The second-order valence-electron chi connectivity index (χ2n) is 4.48. The molecule has 100 valence electrons. The molecule has 0 heterocycles. The van der Waals surface area contributed by atoms with Crippen LogP contribution < -0.4 is 5.73 Å². The predicted octanol–water partition coefficient (Wildman–Crippen LogP) is 3.35. The SMILES string of the molecule is Cc1ccccc1C(CN)OCc1ccccc1F. The molecule has 2 N–H and O–H groups in total. The quantitative estimate of drug-likeness (QED) is 0.893. The van der Waals surface area contributed by atoms with Crippen LogP contribution in [0.4, 0.5) is 4.39 Å². The molecule has 0 radical (unpaired) electrons. The average molecular weight is 259 g/mol. The fraction of sp³-hybridized carbons (Fsp3) is 0.250. The van der Waals surface area contributed by atoms with E-state index in [-0.39, 0.29) is 18.5 Å². The highest BCUT2D eigenvalue weighted by Gasteiger charge is 2.13. The monoisotopic (exact) mass is 259 g/mol. The molecule has 2 aromatic rings. The average Bonchev–Trinajstić information content (AvgIpc) is 2.43. The Bertz CT molecular complexity index is 542. The van der Waals surface area contributed by atoms with E-state index in [1.54, 1.807) is 18.2 Å². The summed E-state index contributed by atoms with van der Waals surface area (Å²) in [7, 11) is 0. The summed E-state index contributed by atoms with van der Waals surface area (Å²) in [5.41, 5.74) is 8.50. The molecule has 0 aliphatic carbocycles. The summed E-state index contributed by atoms with van der Waals surface area (Å²) in [5, 5.41) is 0. The van der Waals surface area contributed by atoms with E-state index in [1.807, 2.05) is 31.2 Å². The van der Waals surface area contributed by atoms with Gasteiger partial charge in [-0.2, -0.15) is 0 Å². The van der Waals surface area contributed by atoms with Gasteiger partial charge in [0.1, 0.15) is 5.82 Å². The minimum atomic E-state index is -0.247. The molecule has 3 heteroatoms. The van der Waals surface area contributed by atoms with Crippen molar-refractivity contribution in [2.45, 2.75) is 19.6 Å². The lowest BCUT2D eigenvalue weighted by molar-refractivity contribution is 0.0436. The molecule has 0 spiro atoms. The molecule has 0 fully saturated rings. The molecule has 0 saturated heterocycles. The zero-order valence-electron chi connectivity index (χ0n) is 11.0. The van der Waals surface area contributed by atoms with Crippen LogP contribution in [0.3, 0.4) is 0 Å². The molecule has 0 aromatic heterocycles. The van der Waals surface area contributed by atoms with Gasteiger partial charge in [0.15, 0.2) is 0 Å². The number of nitrogens with two attached hydrogens (primary N) is 1. The first-order valence-electron chi connectivity index (χ1n) is 6.33. The van der Waals surface area contributed by atoms with E-state index in [0.29, 0.717) is 12.1 Å². The number of ether oxygens (including phenoxy) is 1. The van der Waals surface area contributed by atoms with Gasteiger partial charge in [0, 0.05) is 12.1 Å². The molecule has 0 amide bonds. The number of benzene rings is 2. The van der Waals surface area contributed by atoms with Gasteiger partial charge < -0.3 is 10.5 Å². The minimum absolute atomic E-state index is 0.208. The lowest BCUT2D eigenvalue weighted by Crippen LogP contribution is -2.17. The van der Waals surface area contributed by atoms with Crippen molar-refractivity contribution >= 4 is 0 Å². The normalized spacial score (nSPS) is 12.4. The van der Waals surface area contributed by atoms with Crippen LogP contribution in [0.15, 0.2) is 48.5 Å². The van der Waals surface area contributed by atoms with Crippen LogP contribution in [0, 0.1) is 12.7 Å². The summed E-state index contributed by atoms with van der Waals surface area (Å²) in [5.74, 6) is -0.247. The van der Waals surface area contributed by atoms with Crippen molar-refractivity contribution in [3.8, 4) is 0 Å². The van der Waals surface area contributed by atoms with E-state index in [9.17, 15) is 4.39 Å². The third-order valence-electron chi connectivity index (χ3n) is 3.15. The van der Waals surface area contributed by atoms with E-state index < -0.39 is 0 Å². The molecule has 19 heavy (non-hydrogen) atoms. The summed E-state index contributed by atoms with van der Waals surface area (Å²) in [6.45, 7) is 2.62. The highest BCUT2D eigenvalue weighted by atomic mass is 19.1. The Hall–Kier alpha value is -1.71. The fourth-order valence-corrected chi connectivity index (χ4v) is 2.04. The van der Waals surface area contributed by atoms with Crippen LogP contribution in [0.5, 0.6) is 0 Å². The maximum absolute atomic E-state index is 13.5. The van der Waals surface area contributed by atoms with Gasteiger partial charge in [0.05, 0.1) is 12.7 Å². The van der Waals surface area contributed by atoms with E-state index in [0.717, 1.165) is 11.1 Å². The van der Waals surface area contributed by atoms with Crippen LogP contribution in [0.25, 0.3) is 0 Å². The van der Waals surface area contributed by atoms with Gasteiger partial charge in [0.2, 0.25) is 0 Å². The first-order valence-corrected chi connectivity index (χ1v) is 6.33. The van der Waals surface area contributed by atoms with E-state index >= 15 is 0 Å². The molecule has 0 aliphatic heterocycles. The number of halogens is 1. The van der Waals surface area contributed by atoms with Gasteiger partial charge in [-0.3, -0.25) is 0 Å². The van der Waals surface area contributed by atoms with E-state index in [2.05, 4.69) is 0 Å². The lowest BCUT2D eigenvalue weighted by atomic mass is 10.0. The highest BCUT2D eigenvalue weighted by molar-refractivity contribution is 5.28. The Morgan fingerprint density at radius 3 is 2.47 bits per heavy atom. The topological polar surface area (TPSA) is 35.2 Å². The number of hydrogen-bond donors (Lipinski definition) is 1. The molecule has 0 saturated carbocycles. The molecule has 1 unspecified atom stereocenters. The summed E-state index contributed by atoms with van der Waals surface area (Å²) in [4.78, 5) is 0. The van der Waals surface area contributed by atoms with Crippen LogP contribution in [0.2, 0.25) is 0 Å². The fourth-order valence-electron chi connectivity index (χ4n) is 2.04. The standard InChI is InChI=1S/C16H18FNO/c1-12-6-2-4-8-14(12)16(10-18)19-11-13-7-3-5-9-15(13)17/h2-9,16H,10-11,18H2,1H3. The van der Waals surface area contributed by atoms with Crippen molar-refractivity contribution < 1.29 is 9.13 Å². The molecule has 2 aromatic carbocycles. The van der Waals surface area contributed by atoms with Crippen molar-refractivity contribution in [1.29, 1.82) is 0 Å². The molecule has 0 bridgehead atoms.